The lowest BCUT2D eigenvalue weighted by atomic mass is 10.2. The highest BCUT2D eigenvalue weighted by molar-refractivity contribution is 6.36. The molecule has 3 aromatic rings. The Kier molecular flexibility index (Phi) is 6.09. The van der Waals surface area contributed by atoms with E-state index in [1.807, 2.05) is 19.9 Å². The number of hydrogen-bond acceptors (Lipinski definition) is 3. The van der Waals surface area contributed by atoms with Gasteiger partial charge >= 0.3 is 0 Å². The second-order valence-electron chi connectivity index (χ2n) is 6.17. The summed E-state index contributed by atoms with van der Waals surface area (Å²) in [6.45, 7) is 4.70. The van der Waals surface area contributed by atoms with Crippen LogP contribution in [0.15, 0.2) is 30.5 Å². The summed E-state index contributed by atoms with van der Waals surface area (Å²) in [5.41, 5.74) is 2.68. The molecule has 2 aromatic heterocycles. The van der Waals surface area contributed by atoms with Crippen molar-refractivity contribution in [2.24, 2.45) is 0 Å². The summed E-state index contributed by atoms with van der Waals surface area (Å²) < 4.78 is 3.39. The van der Waals surface area contributed by atoms with Crippen LogP contribution in [0, 0.1) is 13.8 Å². The molecule has 0 spiro atoms. The predicted octanol–water partition coefficient (Wildman–Crippen LogP) is 4.73. The lowest BCUT2D eigenvalue weighted by molar-refractivity contribution is -0.116. The lowest BCUT2D eigenvalue weighted by Gasteiger charge is -2.07. The fourth-order valence-corrected chi connectivity index (χ4v) is 3.43. The maximum Gasteiger partial charge on any atom is 0.227 e. The maximum atomic E-state index is 12.2. The van der Waals surface area contributed by atoms with Crippen LogP contribution in [0.2, 0.25) is 15.1 Å². The Balaban J connectivity index is 1.64. The highest BCUT2D eigenvalue weighted by Gasteiger charge is 2.13. The van der Waals surface area contributed by atoms with E-state index in [0.29, 0.717) is 34.0 Å². The molecule has 0 aliphatic carbocycles. The van der Waals surface area contributed by atoms with Gasteiger partial charge in [0.15, 0.2) is 5.82 Å². The zero-order valence-corrected chi connectivity index (χ0v) is 17.1. The van der Waals surface area contributed by atoms with Gasteiger partial charge in [0.1, 0.15) is 5.02 Å². The van der Waals surface area contributed by atoms with Gasteiger partial charge in [0.2, 0.25) is 5.91 Å². The molecule has 0 atom stereocenters. The number of amides is 1. The molecular formula is C18H18Cl3N5O. The molecule has 6 nitrogen and oxygen atoms in total. The van der Waals surface area contributed by atoms with Gasteiger partial charge in [-0.2, -0.15) is 10.2 Å². The normalized spacial score (nSPS) is 11.0. The van der Waals surface area contributed by atoms with Gasteiger partial charge in [-0.25, -0.2) is 0 Å². The van der Waals surface area contributed by atoms with E-state index in [1.54, 1.807) is 33.8 Å². The molecule has 3 rings (SSSR count). The fourth-order valence-electron chi connectivity index (χ4n) is 2.71. The van der Waals surface area contributed by atoms with Crippen LogP contribution in [0.5, 0.6) is 0 Å². The van der Waals surface area contributed by atoms with E-state index in [9.17, 15) is 4.79 Å². The van der Waals surface area contributed by atoms with Crippen molar-refractivity contribution >= 4 is 46.5 Å². The number of carbonyl (C=O) groups excluding carboxylic acids is 1. The number of hydrogen-bond donors (Lipinski definition) is 1. The second-order valence-corrected chi connectivity index (χ2v) is 7.39. The lowest BCUT2D eigenvalue weighted by Crippen LogP contribution is -2.16. The van der Waals surface area contributed by atoms with Crippen molar-refractivity contribution in [2.75, 3.05) is 5.32 Å². The van der Waals surface area contributed by atoms with Crippen molar-refractivity contribution in [1.29, 1.82) is 0 Å². The van der Waals surface area contributed by atoms with Gasteiger partial charge in [0.05, 0.1) is 12.2 Å². The predicted molar refractivity (Wildman–Crippen MR) is 108 cm³/mol. The molecule has 1 N–H and O–H groups in total. The Morgan fingerprint density at radius 3 is 2.44 bits per heavy atom. The van der Waals surface area contributed by atoms with Crippen LogP contribution in [0.3, 0.4) is 0 Å². The molecule has 1 aromatic carbocycles. The Hall–Kier alpha value is -2.02. The standard InChI is InChI=1S/C18H18Cl3N5O/c1-11-8-12(2)26(23-11)7-6-17(27)22-18-16(21)10-25(24-18)9-13-14(19)4-3-5-15(13)20/h3-5,8,10H,6-7,9H2,1-2H3,(H,22,24,27). The quantitative estimate of drug-likeness (QED) is 0.619. The number of aryl methyl sites for hydroxylation is 3. The summed E-state index contributed by atoms with van der Waals surface area (Å²) in [5.74, 6) is 0.115. The Morgan fingerprint density at radius 1 is 1.11 bits per heavy atom. The number of aromatic nitrogens is 4. The van der Waals surface area contributed by atoms with E-state index in [1.165, 1.54) is 0 Å². The van der Waals surface area contributed by atoms with Crippen LogP contribution in [0.25, 0.3) is 0 Å². The average molecular weight is 427 g/mol. The summed E-state index contributed by atoms with van der Waals surface area (Å²) in [4.78, 5) is 12.2. The topological polar surface area (TPSA) is 64.7 Å². The van der Waals surface area contributed by atoms with E-state index in [-0.39, 0.29) is 12.3 Å². The first-order valence-electron chi connectivity index (χ1n) is 8.30. The summed E-state index contributed by atoms with van der Waals surface area (Å²) in [5, 5.41) is 12.8. The van der Waals surface area contributed by atoms with Crippen LogP contribution in [0.1, 0.15) is 23.4 Å². The molecule has 0 unspecified atom stereocenters. The van der Waals surface area contributed by atoms with Gasteiger partial charge in [-0.15, -0.1) is 0 Å². The Bertz CT molecular complexity index is 959. The number of rotatable bonds is 6. The maximum absolute atomic E-state index is 12.2. The van der Waals surface area contributed by atoms with Crippen LogP contribution in [0.4, 0.5) is 5.82 Å². The van der Waals surface area contributed by atoms with E-state index in [0.717, 1.165) is 17.0 Å². The van der Waals surface area contributed by atoms with Gasteiger partial charge in [-0.05, 0) is 32.0 Å². The zero-order chi connectivity index (χ0) is 19.6. The number of benzene rings is 1. The van der Waals surface area contributed by atoms with Crippen LogP contribution in [-0.2, 0) is 17.9 Å². The van der Waals surface area contributed by atoms with Crippen molar-refractivity contribution in [3.63, 3.8) is 0 Å². The molecule has 0 bridgehead atoms. The molecule has 0 saturated carbocycles. The Labute approximate surface area is 172 Å². The first-order valence-corrected chi connectivity index (χ1v) is 9.43. The highest BCUT2D eigenvalue weighted by Crippen LogP contribution is 2.26. The summed E-state index contributed by atoms with van der Waals surface area (Å²) in [7, 11) is 0. The summed E-state index contributed by atoms with van der Waals surface area (Å²) in [6.07, 6.45) is 1.89. The molecule has 0 fully saturated rings. The molecular weight excluding hydrogens is 409 g/mol. The molecule has 0 radical (unpaired) electrons. The van der Waals surface area contributed by atoms with Crippen molar-refractivity contribution in [2.45, 2.75) is 33.4 Å². The first kappa shape index (κ1) is 19.7. The molecule has 0 aliphatic rings. The summed E-state index contributed by atoms with van der Waals surface area (Å²) >= 11 is 18.6. The van der Waals surface area contributed by atoms with E-state index < -0.39 is 0 Å². The molecule has 142 valence electrons. The smallest absolute Gasteiger partial charge is 0.227 e. The van der Waals surface area contributed by atoms with Gasteiger partial charge in [-0.1, -0.05) is 40.9 Å². The van der Waals surface area contributed by atoms with Gasteiger partial charge in [0, 0.05) is 40.5 Å². The van der Waals surface area contributed by atoms with Crippen molar-refractivity contribution < 1.29 is 4.79 Å². The van der Waals surface area contributed by atoms with Crippen LogP contribution < -0.4 is 5.32 Å². The van der Waals surface area contributed by atoms with Crippen LogP contribution >= 0.6 is 34.8 Å². The summed E-state index contributed by atoms with van der Waals surface area (Å²) in [6, 6.07) is 7.26. The van der Waals surface area contributed by atoms with Crippen molar-refractivity contribution in [1.82, 2.24) is 19.6 Å². The van der Waals surface area contributed by atoms with Crippen LogP contribution in [-0.4, -0.2) is 25.5 Å². The number of halogens is 3. The molecule has 1 amide bonds. The molecule has 0 saturated heterocycles. The molecule has 2 heterocycles. The number of anilines is 1. The van der Waals surface area contributed by atoms with Gasteiger partial charge in [-0.3, -0.25) is 14.2 Å². The number of nitrogens with one attached hydrogen (secondary N) is 1. The average Bonchev–Trinajstić information content (AvgIpc) is 3.10. The minimum atomic E-state index is -0.189. The van der Waals surface area contributed by atoms with E-state index in [4.69, 9.17) is 34.8 Å². The van der Waals surface area contributed by atoms with E-state index >= 15 is 0 Å². The highest BCUT2D eigenvalue weighted by atomic mass is 35.5. The van der Waals surface area contributed by atoms with E-state index in [2.05, 4.69) is 15.5 Å². The van der Waals surface area contributed by atoms with Crippen molar-refractivity contribution in [3.8, 4) is 0 Å². The molecule has 27 heavy (non-hydrogen) atoms. The molecule has 0 aliphatic heterocycles. The third-order valence-corrected chi connectivity index (χ3v) is 5.00. The van der Waals surface area contributed by atoms with Gasteiger partial charge in [0.25, 0.3) is 0 Å². The fraction of sp³-hybridized carbons (Fsp3) is 0.278. The van der Waals surface area contributed by atoms with Gasteiger partial charge < -0.3 is 5.32 Å². The van der Waals surface area contributed by atoms with Crippen molar-refractivity contribution in [3.05, 3.63) is 62.5 Å². The molecule has 9 heteroatoms. The third-order valence-electron chi connectivity index (χ3n) is 4.01. The monoisotopic (exact) mass is 425 g/mol. The second kappa shape index (κ2) is 8.33. The third kappa shape index (κ3) is 4.83. The zero-order valence-electron chi connectivity index (χ0n) is 14.8. The minimum Gasteiger partial charge on any atom is -0.308 e. The SMILES string of the molecule is Cc1cc(C)n(CCC(=O)Nc2nn(Cc3c(Cl)cccc3Cl)cc2Cl)n1. The largest absolute Gasteiger partial charge is 0.308 e. The Morgan fingerprint density at radius 2 is 1.81 bits per heavy atom. The number of nitrogens with zero attached hydrogens (tertiary/aromatic N) is 4. The minimum absolute atomic E-state index is 0.189. The number of carbonyl (C=O) groups is 1. The first-order chi connectivity index (χ1) is 12.8.